The maximum Gasteiger partial charge on any atom is 0.416 e. The van der Waals surface area contributed by atoms with E-state index in [1.54, 1.807) is 10.6 Å². The zero-order valence-electron chi connectivity index (χ0n) is 19.9. The number of amides is 1. The third-order valence-electron chi connectivity index (χ3n) is 6.47. The summed E-state index contributed by atoms with van der Waals surface area (Å²) in [6.07, 6.45) is -4.47. The number of benzene rings is 3. The molecule has 1 fully saturated rings. The molecule has 1 amide bonds. The predicted octanol–water partition coefficient (Wildman–Crippen LogP) is 4.77. The number of pyridine rings is 1. The van der Waals surface area contributed by atoms with E-state index in [4.69, 9.17) is 0 Å². The normalized spacial score (nSPS) is 14.6. The van der Waals surface area contributed by atoms with Gasteiger partial charge in [-0.2, -0.15) is 13.2 Å². The van der Waals surface area contributed by atoms with Crippen LogP contribution in [0.5, 0.6) is 0 Å². The summed E-state index contributed by atoms with van der Waals surface area (Å²) >= 11 is 0. The Hall–Kier alpha value is -4.11. The molecule has 1 aliphatic heterocycles. The zero-order chi connectivity index (χ0) is 26.0. The summed E-state index contributed by atoms with van der Waals surface area (Å²) in [5.74, 6) is -0.372. The first-order valence-corrected chi connectivity index (χ1v) is 11.9. The van der Waals surface area contributed by atoms with E-state index in [-0.39, 0.29) is 23.7 Å². The molecule has 5 rings (SSSR count). The Labute approximate surface area is 211 Å². The summed E-state index contributed by atoms with van der Waals surface area (Å²) in [5.41, 5.74) is 1.65. The van der Waals surface area contributed by atoms with Crippen molar-refractivity contribution in [2.75, 3.05) is 42.9 Å². The van der Waals surface area contributed by atoms with Gasteiger partial charge < -0.3 is 10.2 Å². The standard InChI is InChI=1S/C28H25F3N4O2/c29-28(30,31)20-7-6-8-21(17-20)32-26(36)19-33-13-15-34(16-14-33)25-18-27(37)35(22-9-2-1-3-10-22)24-12-5-4-11-23(24)25/h1-12,17-18H,13-16,19H2,(H,32,36). The van der Waals surface area contributed by atoms with Crippen LogP contribution in [0.3, 0.4) is 0 Å². The third kappa shape index (κ3) is 5.36. The lowest BCUT2D eigenvalue weighted by atomic mass is 10.1. The van der Waals surface area contributed by atoms with Crippen LogP contribution >= 0.6 is 0 Å². The lowest BCUT2D eigenvalue weighted by Gasteiger charge is -2.36. The molecule has 1 N–H and O–H groups in total. The average molecular weight is 507 g/mol. The van der Waals surface area contributed by atoms with E-state index in [0.29, 0.717) is 26.2 Å². The smallest absolute Gasteiger partial charge is 0.368 e. The number of piperazine rings is 1. The molecule has 0 radical (unpaired) electrons. The van der Waals surface area contributed by atoms with E-state index in [2.05, 4.69) is 10.2 Å². The quantitative estimate of drug-likeness (QED) is 0.424. The summed E-state index contributed by atoms with van der Waals surface area (Å²) < 4.78 is 40.5. The Kier molecular flexibility index (Phi) is 6.71. The molecule has 6 nitrogen and oxygen atoms in total. The number of nitrogens with zero attached hydrogens (tertiary/aromatic N) is 3. The minimum absolute atomic E-state index is 0.0699. The number of carbonyl (C=O) groups excluding carboxylic acids is 1. The highest BCUT2D eigenvalue weighted by Gasteiger charge is 2.30. The monoisotopic (exact) mass is 506 g/mol. The molecule has 1 saturated heterocycles. The molecule has 0 atom stereocenters. The van der Waals surface area contributed by atoms with Crippen molar-refractivity contribution in [1.29, 1.82) is 0 Å². The van der Waals surface area contributed by atoms with Gasteiger partial charge in [-0.15, -0.1) is 0 Å². The van der Waals surface area contributed by atoms with Crippen LogP contribution in [0.2, 0.25) is 0 Å². The van der Waals surface area contributed by atoms with Crippen LogP contribution in [0, 0.1) is 0 Å². The van der Waals surface area contributed by atoms with Crippen molar-refractivity contribution in [1.82, 2.24) is 9.47 Å². The van der Waals surface area contributed by atoms with E-state index in [1.807, 2.05) is 59.5 Å². The summed E-state index contributed by atoms with van der Waals surface area (Å²) in [7, 11) is 0. The van der Waals surface area contributed by atoms with Crippen molar-refractivity contribution in [2.24, 2.45) is 0 Å². The first-order chi connectivity index (χ1) is 17.8. The molecule has 37 heavy (non-hydrogen) atoms. The molecule has 4 aromatic rings. The van der Waals surface area contributed by atoms with Gasteiger partial charge in [0.25, 0.3) is 5.56 Å². The van der Waals surface area contributed by atoms with Gasteiger partial charge in [-0.1, -0.05) is 42.5 Å². The molecule has 1 aliphatic rings. The zero-order valence-corrected chi connectivity index (χ0v) is 19.9. The maximum atomic E-state index is 13.2. The first kappa shape index (κ1) is 24.6. The van der Waals surface area contributed by atoms with Crippen LogP contribution in [0.15, 0.2) is 89.7 Å². The van der Waals surface area contributed by atoms with Crippen molar-refractivity contribution >= 4 is 28.2 Å². The van der Waals surface area contributed by atoms with Gasteiger partial charge in [0, 0.05) is 49.0 Å². The number of para-hydroxylation sites is 2. The molecule has 9 heteroatoms. The van der Waals surface area contributed by atoms with Gasteiger partial charge in [0.15, 0.2) is 0 Å². The lowest BCUT2D eigenvalue weighted by molar-refractivity contribution is -0.137. The summed E-state index contributed by atoms with van der Waals surface area (Å²) in [6.45, 7) is 2.43. The number of halogens is 3. The second kappa shape index (κ2) is 10.1. The average Bonchev–Trinajstić information content (AvgIpc) is 2.89. The van der Waals surface area contributed by atoms with Crippen LogP contribution < -0.4 is 15.8 Å². The van der Waals surface area contributed by atoms with Crippen molar-refractivity contribution in [2.45, 2.75) is 6.18 Å². The fraction of sp³-hybridized carbons (Fsp3) is 0.214. The first-order valence-electron chi connectivity index (χ1n) is 11.9. The summed E-state index contributed by atoms with van der Waals surface area (Å²) in [4.78, 5) is 29.8. The van der Waals surface area contributed by atoms with Crippen LogP contribution in [0.4, 0.5) is 24.5 Å². The Morgan fingerprint density at radius 2 is 1.54 bits per heavy atom. The van der Waals surface area contributed by atoms with Gasteiger partial charge in [-0.3, -0.25) is 19.1 Å². The van der Waals surface area contributed by atoms with E-state index in [1.165, 1.54) is 12.1 Å². The molecule has 190 valence electrons. The fourth-order valence-corrected chi connectivity index (χ4v) is 4.69. The third-order valence-corrected chi connectivity index (χ3v) is 6.47. The Morgan fingerprint density at radius 3 is 2.27 bits per heavy atom. The van der Waals surface area contributed by atoms with Crippen molar-refractivity contribution < 1.29 is 18.0 Å². The number of rotatable bonds is 5. The molecule has 0 saturated carbocycles. The largest absolute Gasteiger partial charge is 0.416 e. The van der Waals surface area contributed by atoms with E-state index in [0.717, 1.165) is 34.4 Å². The minimum Gasteiger partial charge on any atom is -0.368 e. The highest BCUT2D eigenvalue weighted by atomic mass is 19.4. The van der Waals surface area contributed by atoms with Crippen LogP contribution in [0.25, 0.3) is 16.6 Å². The molecule has 3 aromatic carbocycles. The fourth-order valence-electron chi connectivity index (χ4n) is 4.69. The number of anilines is 2. The van der Waals surface area contributed by atoms with Crippen molar-refractivity contribution in [3.05, 3.63) is 101 Å². The number of hydrogen-bond donors (Lipinski definition) is 1. The van der Waals surface area contributed by atoms with Crippen LogP contribution in [-0.2, 0) is 11.0 Å². The molecular formula is C28H25F3N4O2. The SMILES string of the molecule is O=C(CN1CCN(c2cc(=O)n(-c3ccccc3)c3ccccc23)CC1)Nc1cccc(C(F)(F)F)c1. The van der Waals surface area contributed by atoms with Gasteiger partial charge in [-0.25, -0.2) is 0 Å². The van der Waals surface area contributed by atoms with Crippen LogP contribution in [-0.4, -0.2) is 48.1 Å². The molecule has 1 aromatic heterocycles. The topological polar surface area (TPSA) is 57.6 Å². The Morgan fingerprint density at radius 1 is 0.838 bits per heavy atom. The summed E-state index contributed by atoms with van der Waals surface area (Å²) in [5, 5.41) is 3.52. The van der Waals surface area contributed by atoms with Gasteiger partial charge in [0.2, 0.25) is 5.91 Å². The predicted molar refractivity (Wildman–Crippen MR) is 138 cm³/mol. The number of hydrogen-bond acceptors (Lipinski definition) is 4. The second-order valence-electron chi connectivity index (χ2n) is 8.95. The molecule has 0 bridgehead atoms. The highest BCUT2D eigenvalue weighted by molar-refractivity contribution is 5.93. The van der Waals surface area contributed by atoms with E-state index in [9.17, 15) is 22.8 Å². The van der Waals surface area contributed by atoms with Gasteiger partial charge in [0.1, 0.15) is 0 Å². The van der Waals surface area contributed by atoms with Crippen molar-refractivity contribution in [3.8, 4) is 5.69 Å². The minimum atomic E-state index is -4.47. The molecule has 0 aliphatic carbocycles. The summed E-state index contributed by atoms with van der Waals surface area (Å²) in [6, 6.07) is 23.5. The van der Waals surface area contributed by atoms with Crippen LogP contribution in [0.1, 0.15) is 5.56 Å². The lowest BCUT2D eigenvalue weighted by Crippen LogP contribution is -2.49. The Bertz CT molecular complexity index is 1480. The number of fused-ring (bicyclic) bond motifs is 1. The van der Waals surface area contributed by atoms with E-state index < -0.39 is 11.7 Å². The number of carbonyl (C=O) groups is 1. The molecule has 0 unspecified atom stereocenters. The number of nitrogens with one attached hydrogen (secondary N) is 1. The maximum absolute atomic E-state index is 13.2. The van der Waals surface area contributed by atoms with Gasteiger partial charge in [-0.05, 0) is 36.4 Å². The van der Waals surface area contributed by atoms with Gasteiger partial charge >= 0.3 is 6.18 Å². The number of aromatic nitrogens is 1. The van der Waals surface area contributed by atoms with E-state index >= 15 is 0 Å². The second-order valence-corrected chi connectivity index (χ2v) is 8.95. The Balaban J connectivity index is 1.28. The molecule has 2 heterocycles. The highest BCUT2D eigenvalue weighted by Crippen LogP contribution is 2.31. The van der Waals surface area contributed by atoms with Gasteiger partial charge in [0.05, 0.1) is 23.3 Å². The molecular weight excluding hydrogens is 481 g/mol. The molecule has 0 spiro atoms. The number of alkyl halides is 3. The van der Waals surface area contributed by atoms with Crippen molar-refractivity contribution in [3.63, 3.8) is 0 Å².